The molecule has 5 rings (SSSR count). The molecule has 7 heteroatoms. The zero-order valence-corrected chi connectivity index (χ0v) is 15.3. The van der Waals surface area contributed by atoms with E-state index in [-0.39, 0.29) is 5.41 Å². The van der Waals surface area contributed by atoms with Gasteiger partial charge in [0.1, 0.15) is 28.6 Å². The van der Waals surface area contributed by atoms with Crippen LogP contribution in [0, 0.1) is 5.41 Å². The van der Waals surface area contributed by atoms with Crippen LogP contribution in [0.3, 0.4) is 0 Å². The van der Waals surface area contributed by atoms with Crippen molar-refractivity contribution in [1.82, 2.24) is 15.1 Å². The Morgan fingerprint density at radius 2 is 1.75 bits per heavy atom. The summed E-state index contributed by atoms with van der Waals surface area (Å²) >= 11 is 0. The van der Waals surface area contributed by atoms with Crippen molar-refractivity contribution in [3.8, 4) is 22.8 Å². The second kappa shape index (κ2) is 6.38. The number of ether oxygens (including phenoxy) is 1. The fourth-order valence-corrected chi connectivity index (χ4v) is 3.86. The highest BCUT2D eigenvalue weighted by atomic mass is 16.5. The third-order valence-electron chi connectivity index (χ3n) is 5.42. The lowest BCUT2D eigenvalue weighted by Gasteiger charge is -2.45. The zero-order chi connectivity index (χ0) is 19.1. The molecule has 2 aliphatic rings. The Morgan fingerprint density at radius 3 is 2.39 bits per heavy atom. The first-order chi connectivity index (χ1) is 13.6. The van der Waals surface area contributed by atoms with E-state index in [2.05, 4.69) is 10.6 Å². The molecule has 7 nitrogen and oxygen atoms in total. The molecule has 0 atom stereocenters. The molecule has 1 spiro atoms. The molecule has 142 valence electrons. The number of aromatic nitrogens is 2. The molecule has 2 aromatic carbocycles. The fraction of sp³-hybridized carbons (Fsp3) is 0.238. The highest BCUT2D eigenvalue weighted by Crippen LogP contribution is 2.37. The van der Waals surface area contributed by atoms with Crippen molar-refractivity contribution in [2.75, 3.05) is 25.0 Å². The summed E-state index contributed by atoms with van der Waals surface area (Å²) in [5.41, 5.74) is 7.74. The van der Waals surface area contributed by atoms with E-state index in [4.69, 9.17) is 15.6 Å². The van der Waals surface area contributed by atoms with Gasteiger partial charge in [-0.05, 0) is 36.4 Å². The van der Waals surface area contributed by atoms with Crippen molar-refractivity contribution in [3.05, 3.63) is 60.2 Å². The number of para-hydroxylation sites is 1. The van der Waals surface area contributed by atoms with Crippen LogP contribution in [-0.2, 0) is 6.54 Å². The van der Waals surface area contributed by atoms with Crippen LogP contribution in [0.1, 0.15) is 10.4 Å². The molecule has 0 unspecified atom stereocenters. The molecule has 4 N–H and O–H groups in total. The minimum atomic E-state index is -0.476. The smallest absolute Gasteiger partial charge is 0.254 e. The largest absolute Gasteiger partial charge is 0.457 e. The van der Waals surface area contributed by atoms with Crippen LogP contribution in [-0.4, -0.2) is 35.3 Å². The van der Waals surface area contributed by atoms with Gasteiger partial charge in [0.2, 0.25) is 0 Å². The fourth-order valence-electron chi connectivity index (χ4n) is 3.86. The van der Waals surface area contributed by atoms with Gasteiger partial charge < -0.3 is 21.1 Å². The Kier molecular flexibility index (Phi) is 3.84. The second-order valence-electron chi connectivity index (χ2n) is 7.49. The van der Waals surface area contributed by atoms with Gasteiger partial charge in [0.05, 0.1) is 6.54 Å². The number of hydrogen-bond acceptors (Lipinski definition) is 5. The van der Waals surface area contributed by atoms with E-state index in [9.17, 15) is 4.79 Å². The summed E-state index contributed by atoms with van der Waals surface area (Å²) in [6, 6.07) is 17.1. The lowest BCUT2D eigenvalue weighted by Crippen LogP contribution is -2.61. The number of carbonyl (C=O) groups excluding carboxylic acids is 1. The first kappa shape index (κ1) is 16.8. The number of nitrogens with two attached hydrogens (primary N) is 1. The monoisotopic (exact) mass is 375 g/mol. The quantitative estimate of drug-likeness (QED) is 0.651. The maximum absolute atomic E-state index is 12.2. The number of fused-ring (bicyclic) bond motifs is 1. The normalized spacial score (nSPS) is 16.7. The van der Waals surface area contributed by atoms with Gasteiger partial charge in [0.25, 0.3) is 5.91 Å². The van der Waals surface area contributed by atoms with Gasteiger partial charge in [0, 0.05) is 30.6 Å². The van der Waals surface area contributed by atoms with Crippen molar-refractivity contribution < 1.29 is 9.53 Å². The van der Waals surface area contributed by atoms with Gasteiger partial charge in [-0.2, -0.15) is 5.10 Å². The van der Waals surface area contributed by atoms with Gasteiger partial charge in [-0.1, -0.05) is 18.2 Å². The van der Waals surface area contributed by atoms with Crippen LogP contribution in [0.4, 0.5) is 5.82 Å². The lowest BCUT2D eigenvalue weighted by atomic mass is 9.80. The standard InChI is InChI=1S/C21H21N5O2/c22-19(27)17-18(25-26-13-21(10-23-11-21)12-24-20(17)26)14-6-8-16(9-7-14)28-15-4-2-1-3-5-15/h1-9,23-24H,10-13H2,(H2,22,27). The average Bonchev–Trinajstić information content (AvgIpc) is 3.07. The Bertz CT molecular complexity index is 1020. The van der Waals surface area contributed by atoms with Gasteiger partial charge in [-0.15, -0.1) is 0 Å². The highest BCUT2D eigenvalue weighted by Gasteiger charge is 2.42. The predicted octanol–water partition coefficient (Wildman–Crippen LogP) is 2.46. The van der Waals surface area contributed by atoms with Gasteiger partial charge in [-0.3, -0.25) is 4.79 Å². The summed E-state index contributed by atoms with van der Waals surface area (Å²) in [7, 11) is 0. The van der Waals surface area contributed by atoms with Crippen LogP contribution < -0.4 is 21.1 Å². The van der Waals surface area contributed by atoms with E-state index in [0.29, 0.717) is 17.1 Å². The van der Waals surface area contributed by atoms with Crippen molar-refractivity contribution in [2.45, 2.75) is 6.54 Å². The molecular weight excluding hydrogens is 354 g/mol. The number of hydrogen-bond donors (Lipinski definition) is 3. The molecule has 1 amide bonds. The molecule has 0 saturated carbocycles. The van der Waals surface area contributed by atoms with E-state index >= 15 is 0 Å². The van der Waals surface area contributed by atoms with E-state index in [1.807, 2.05) is 59.3 Å². The average molecular weight is 375 g/mol. The van der Waals surface area contributed by atoms with E-state index in [1.54, 1.807) is 0 Å². The lowest BCUT2D eigenvalue weighted by molar-refractivity contribution is 0.1000. The summed E-state index contributed by atoms with van der Waals surface area (Å²) < 4.78 is 7.72. The van der Waals surface area contributed by atoms with E-state index in [1.165, 1.54) is 0 Å². The van der Waals surface area contributed by atoms with Crippen LogP contribution in [0.25, 0.3) is 11.3 Å². The molecular formula is C21H21N5O2. The third kappa shape index (κ3) is 2.80. The molecule has 2 aliphatic heterocycles. The van der Waals surface area contributed by atoms with Crippen LogP contribution in [0.2, 0.25) is 0 Å². The van der Waals surface area contributed by atoms with Crippen LogP contribution in [0.5, 0.6) is 11.5 Å². The zero-order valence-electron chi connectivity index (χ0n) is 15.3. The summed E-state index contributed by atoms with van der Waals surface area (Å²) in [6.45, 7) is 3.49. The maximum Gasteiger partial charge on any atom is 0.254 e. The minimum absolute atomic E-state index is 0.165. The number of anilines is 1. The predicted molar refractivity (Wildman–Crippen MR) is 106 cm³/mol. The van der Waals surface area contributed by atoms with Crippen molar-refractivity contribution in [1.29, 1.82) is 0 Å². The number of rotatable bonds is 4. The SMILES string of the molecule is NC(=O)c1c(-c2ccc(Oc3ccccc3)cc2)nn2c1NCC1(CNC1)C2. The molecule has 0 radical (unpaired) electrons. The van der Waals surface area contributed by atoms with Gasteiger partial charge in [-0.25, -0.2) is 4.68 Å². The number of amides is 1. The van der Waals surface area contributed by atoms with Crippen molar-refractivity contribution in [3.63, 3.8) is 0 Å². The number of nitrogens with one attached hydrogen (secondary N) is 2. The minimum Gasteiger partial charge on any atom is -0.457 e. The van der Waals surface area contributed by atoms with Crippen molar-refractivity contribution >= 4 is 11.7 Å². The molecule has 0 aliphatic carbocycles. The van der Waals surface area contributed by atoms with Crippen LogP contribution in [0.15, 0.2) is 54.6 Å². The van der Waals surface area contributed by atoms with Gasteiger partial charge in [0.15, 0.2) is 0 Å². The number of carbonyl (C=O) groups is 1. The number of primary amides is 1. The van der Waals surface area contributed by atoms with E-state index in [0.717, 1.165) is 43.2 Å². The summed E-state index contributed by atoms with van der Waals surface area (Å²) in [5.74, 6) is 1.73. The summed E-state index contributed by atoms with van der Waals surface area (Å²) in [6.07, 6.45) is 0. The molecule has 3 aromatic rings. The Labute approximate surface area is 162 Å². The first-order valence-corrected chi connectivity index (χ1v) is 9.32. The highest BCUT2D eigenvalue weighted by molar-refractivity contribution is 6.03. The molecule has 0 bridgehead atoms. The molecule has 1 aromatic heterocycles. The second-order valence-corrected chi connectivity index (χ2v) is 7.49. The van der Waals surface area contributed by atoms with Gasteiger partial charge >= 0.3 is 0 Å². The Morgan fingerprint density at radius 1 is 1.04 bits per heavy atom. The van der Waals surface area contributed by atoms with Crippen molar-refractivity contribution in [2.24, 2.45) is 11.1 Å². The van der Waals surface area contributed by atoms with Crippen LogP contribution >= 0.6 is 0 Å². The first-order valence-electron chi connectivity index (χ1n) is 9.32. The van der Waals surface area contributed by atoms with E-state index < -0.39 is 5.91 Å². The number of benzene rings is 2. The molecule has 28 heavy (non-hydrogen) atoms. The Hall–Kier alpha value is -3.32. The summed E-state index contributed by atoms with van der Waals surface area (Å²) in [5, 5.41) is 11.4. The third-order valence-corrected chi connectivity index (χ3v) is 5.42. The number of nitrogens with zero attached hydrogens (tertiary/aromatic N) is 2. The topological polar surface area (TPSA) is 94.2 Å². The molecule has 1 fully saturated rings. The summed E-state index contributed by atoms with van der Waals surface area (Å²) in [4.78, 5) is 12.2. The molecule has 3 heterocycles. The maximum atomic E-state index is 12.2. The Balaban J connectivity index is 1.46. The molecule has 1 saturated heterocycles.